The number of rotatable bonds is 7. The number of thiophene rings is 1. The number of carbonyl (C=O) groups excluding carboxylic acids is 2. The number of H-pyrrole nitrogens is 1. The number of nitrogens with one attached hydrogen (secondary N) is 3. The van der Waals surface area contributed by atoms with Crippen molar-refractivity contribution in [1.82, 2.24) is 15.2 Å². The van der Waals surface area contributed by atoms with E-state index in [0.29, 0.717) is 27.9 Å². The number of carbonyl (C=O) groups is 2. The fraction of sp³-hybridized carbons (Fsp3) is 0.0909. The molecule has 31 heavy (non-hydrogen) atoms. The summed E-state index contributed by atoms with van der Waals surface area (Å²) in [5, 5.41) is 15.1. The summed E-state index contributed by atoms with van der Waals surface area (Å²) in [5.41, 5.74) is 2.59. The van der Waals surface area contributed by atoms with Gasteiger partial charge in [0.25, 0.3) is 5.91 Å². The molecule has 2 aromatic heterocycles. The number of hydrogen-bond donors (Lipinski definition) is 3. The first kappa shape index (κ1) is 20.8. The molecule has 0 aliphatic carbocycles. The Balaban J connectivity index is 1.38. The molecule has 0 saturated heterocycles. The minimum Gasteiger partial charge on any atom is -0.325 e. The van der Waals surface area contributed by atoms with Crippen LogP contribution in [-0.4, -0.2) is 32.7 Å². The van der Waals surface area contributed by atoms with Gasteiger partial charge in [0.05, 0.1) is 21.9 Å². The molecule has 0 radical (unpaired) electrons. The Morgan fingerprint density at radius 3 is 2.74 bits per heavy atom. The van der Waals surface area contributed by atoms with Gasteiger partial charge in [-0.2, -0.15) is 0 Å². The van der Waals surface area contributed by atoms with E-state index in [0.717, 1.165) is 10.4 Å². The maximum absolute atomic E-state index is 12.7. The van der Waals surface area contributed by atoms with Crippen LogP contribution in [0.1, 0.15) is 15.9 Å². The van der Waals surface area contributed by atoms with Gasteiger partial charge >= 0.3 is 0 Å². The number of thioether (sulfide) groups is 1. The van der Waals surface area contributed by atoms with Crippen LogP contribution in [0.2, 0.25) is 0 Å². The fourth-order valence-corrected chi connectivity index (χ4v) is 4.12. The molecule has 0 aliphatic rings. The third-order valence-electron chi connectivity index (χ3n) is 4.27. The van der Waals surface area contributed by atoms with Crippen LogP contribution in [0.15, 0.2) is 71.2 Å². The van der Waals surface area contributed by atoms with Crippen molar-refractivity contribution < 1.29 is 9.59 Å². The highest BCUT2D eigenvalue weighted by Gasteiger charge is 2.15. The van der Waals surface area contributed by atoms with Gasteiger partial charge < -0.3 is 10.6 Å². The summed E-state index contributed by atoms with van der Waals surface area (Å²) in [5.74, 6) is 0.262. The highest BCUT2D eigenvalue weighted by Crippen LogP contribution is 2.24. The number of hydrogen-bond acceptors (Lipinski definition) is 6. The average molecular weight is 450 g/mol. The molecule has 2 aromatic carbocycles. The van der Waals surface area contributed by atoms with Crippen molar-refractivity contribution >= 4 is 46.3 Å². The van der Waals surface area contributed by atoms with Gasteiger partial charge in [-0.3, -0.25) is 14.7 Å². The predicted octanol–water partition coefficient (Wildman–Crippen LogP) is 4.82. The zero-order valence-electron chi connectivity index (χ0n) is 16.6. The summed E-state index contributed by atoms with van der Waals surface area (Å²) in [6.45, 7) is 1.96. The molecule has 0 bridgehead atoms. The molecular formula is C22H19N5O2S2. The molecular weight excluding hydrogens is 430 g/mol. The lowest BCUT2D eigenvalue weighted by Gasteiger charge is -2.11. The monoisotopic (exact) mass is 449 g/mol. The van der Waals surface area contributed by atoms with Crippen molar-refractivity contribution in [2.75, 3.05) is 16.4 Å². The van der Waals surface area contributed by atoms with E-state index in [1.54, 1.807) is 35.6 Å². The number of para-hydroxylation sites is 1. The summed E-state index contributed by atoms with van der Waals surface area (Å²) in [4.78, 5) is 30.6. The van der Waals surface area contributed by atoms with Crippen LogP contribution >= 0.6 is 23.1 Å². The smallest absolute Gasteiger partial charge is 0.257 e. The Labute approximate surface area is 187 Å². The van der Waals surface area contributed by atoms with E-state index < -0.39 is 0 Å². The summed E-state index contributed by atoms with van der Waals surface area (Å²) in [7, 11) is 0. The second-order valence-corrected chi connectivity index (χ2v) is 8.54. The number of benzene rings is 2. The van der Waals surface area contributed by atoms with E-state index in [4.69, 9.17) is 0 Å². The minimum atomic E-state index is -0.288. The second-order valence-electron chi connectivity index (χ2n) is 6.65. The summed E-state index contributed by atoms with van der Waals surface area (Å²) in [6.07, 6.45) is 0. The largest absolute Gasteiger partial charge is 0.325 e. The topological polar surface area (TPSA) is 99.8 Å². The van der Waals surface area contributed by atoms with Crippen LogP contribution in [0.5, 0.6) is 0 Å². The molecule has 0 spiro atoms. The lowest BCUT2D eigenvalue weighted by molar-refractivity contribution is -0.113. The number of anilines is 2. The van der Waals surface area contributed by atoms with Gasteiger partial charge in [-0.25, -0.2) is 4.98 Å². The number of aromatic amines is 1. The number of aryl methyl sites for hydroxylation is 1. The highest BCUT2D eigenvalue weighted by molar-refractivity contribution is 7.99. The Bertz CT molecular complexity index is 1200. The van der Waals surface area contributed by atoms with E-state index in [-0.39, 0.29) is 17.6 Å². The van der Waals surface area contributed by atoms with E-state index in [9.17, 15) is 9.59 Å². The molecule has 0 aliphatic heterocycles. The molecule has 0 atom stereocenters. The molecule has 2 amide bonds. The van der Waals surface area contributed by atoms with Gasteiger partial charge in [-0.15, -0.1) is 16.4 Å². The summed E-state index contributed by atoms with van der Waals surface area (Å²) >= 11 is 2.78. The average Bonchev–Trinajstić information content (AvgIpc) is 3.44. The van der Waals surface area contributed by atoms with Gasteiger partial charge in [0.2, 0.25) is 11.1 Å². The number of amides is 2. The zero-order chi connectivity index (χ0) is 21.6. The van der Waals surface area contributed by atoms with E-state index in [2.05, 4.69) is 25.8 Å². The third-order valence-corrected chi connectivity index (χ3v) is 6.00. The number of nitrogens with zero attached hydrogens (tertiary/aromatic N) is 2. The Hall–Kier alpha value is -3.43. The first-order chi connectivity index (χ1) is 15.1. The second kappa shape index (κ2) is 9.59. The molecule has 9 heteroatoms. The van der Waals surface area contributed by atoms with Crippen LogP contribution in [0, 0.1) is 6.92 Å². The van der Waals surface area contributed by atoms with Gasteiger partial charge in [0, 0.05) is 5.69 Å². The Morgan fingerprint density at radius 1 is 1.06 bits per heavy atom. The standard InChI is InChI=1S/C22H19N5O2S2/c1-14-6-4-7-15(12-14)23-21(29)16-8-2-3-9-17(16)24-19(28)13-31-22-25-20(26-27-22)18-10-5-11-30-18/h2-12H,13H2,1H3,(H,23,29)(H,24,28)(H,25,26,27). The predicted molar refractivity (Wildman–Crippen MR) is 125 cm³/mol. The van der Waals surface area contributed by atoms with E-state index in [1.807, 2.05) is 48.7 Å². The molecule has 4 aromatic rings. The molecule has 4 rings (SSSR count). The summed E-state index contributed by atoms with van der Waals surface area (Å²) in [6, 6.07) is 18.3. The maximum Gasteiger partial charge on any atom is 0.257 e. The molecule has 0 unspecified atom stereocenters. The van der Waals surface area contributed by atoms with Crippen molar-refractivity contribution in [3.8, 4) is 10.7 Å². The first-order valence-electron chi connectivity index (χ1n) is 9.44. The molecule has 7 nitrogen and oxygen atoms in total. The van der Waals surface area contributed by atoms with E-state index in [1.165, 1.54) is 11.8 Å². The normalized spacial score (nSPS) is 10.6. The van der Waals surface area contributed by atoms with Crippen LogP contribution in [0.3, 0.4) is 0 Å². The molecule has 0 saturated carbocycles. The van der Waals surface area contributed by atoms with E-state index >= 15 is 0 Å². The van der Waals surface area contributed by atoms with Crippen LogP contribution in [0.4, 0.5) is 11.4 Å². The lowest BCUT2D eigenvalue weighted by Crippen LogP contribution is -2.19. The highest BCUT2D eigenvalue weighted by atomic mass is 32.2. The van der Waals surface area contributed by atoms with Crippen molar-refractivity contribution in [3.63, 3.8) is 0 Å². The Morgan fingerprint density at radius 2 is 1.94 bits per heavy atom. The Kier molecular flexibility index (Phi) is 6.44. The SMILES string of the molecule is Cc1cccc(NC(=O)c2ccccc2NC(=O)CSc2n[nH]c(-c3cccs3)n2)c1. The van der Waals surface area contributed by atoms with Crippen molar-refractivity contribution in [2.45, 2.75) is 12.1 Å². The fourth-order valence-electron chi connectivity index (χ4n) is 2.86. The molecule has 156 valence electrons. The summed E-state index contributed by atoms with van der Waals surface area (Å²) < 4.78 is 0. The maximum atomic E-state index is 12.7. The molecule has 3 N–H and O–H groups in total. The van der Waals surface area contributed by atoms with Crippen LogP contribution < -0.4 is 10.6 Å². The minimum absolute atomic E-state index is 0.121. The molecule has 0 fully saturated rings. The first-order valence-corrected chi connectivity index (χ1v) is 11.3. The molecule has 2 heterocycles. The van der Waals surface area contributed by atoms with Crippen molar-refractivity contribution in [3.05, 3.63) is 77.2 Å². The quantitative estimate of drug-likeness (QED) is 0.351. The van der Waals surface area contributed by atoms with Gasteiger partial charge in [0.15, 0.2) is 5.82 Å². The van der Waals surface area contributed by atoms with Crippen molar-refractivity contribution in [2.24, 2.45) is 0 Å². The lowest BCUT2D eigenvalue weighted by atomic mass is 10.1. The van der Waals surface area contributed by atoms with Crippen LogP contribution in [0.25, 0.3) is 10.7 Å². The third kappa shape index (κ3) is 5.39. The van der Waals surface area contributed by atoms with Gasteiger partial charge in [-0.1, -0.05) is 42.1 Å². The number of aromatic nitrogens is 3. The van der Waals surface area contributed by atoms with Crippen LogP contribution in [-0.2, 0) is 4.79 Å². The zero-order valence-corrected chi connectivity index (χ0v) is 18.2. The van der Waals surface area contributed by atoms with Gasteiger partial charge in [0.1, 0.15) is 0 Å². The van der Waals surface area contributed by atoms with Gasteiger partial charge in [-0.05, 0) is 48.2 Å². The van der Waals surface area contributed by atoms with Crippen molar-refractivity contribution in [1.29, 1.82) is 0 Å².